The van der Waals surface area contributed by atoms with Crippen molar-refractivity contribution in [3.8, 4) is 0 Å². The minimum atomic E-state index is 0.757. The van der Waals surface area contributed by atoms with Gasteiger partial charge >= 0.3 is 0 Å². The first-order valence-electron chi connectivity index (χ1n) is 5.98. The van der Waals surface area contributed by atoms with Gasteiger partial charge in [-0.3, -0.25) is 4.90 Å². The molecular weight excluding hydrogens is 248 g/mol. The number of hydrogen-bond acceptors (Lipinski definition) is 3. The van der Waals surface area contributed by atoms with Crippen LogP contribution in [0, 0.1) is 0 Å². The van der Waals surface area contributed by atoms with Gasteiger partial charge < -0.3 is 10.3 Å². The van der Waals surface area contributed by atoms with Crippen LogP contribution in [0.15, 0.2) is 30.6 Å². The van der Waals surface area contributed by atoms with Crippen LogP contribution in [0.25, 0.3) is 0 Å². The second-order valence-electron chi connectivity index (χ2n) is 4.60. The number of hydrogen-bond donors (Lipinski definition) is 1. The van der Waals surface area contributed by atoms with Crippen molar-refractivity contribution in [1.82, 2.24) is 14.5 Å². The van der Waals surface area contributed by atoms with Crippen molar-refractivity contribution in [2.24, 2.45) is 0 Å². The molecule has 94 valence electrons. The molecule has 18 heavy (non-hydrogen) atoms. The van der Waals surface area contributed by atoms with E-state index in [1.165, 1.54) is 0 Å². The number of rotatable bonds is 2. The lowest BCUT2D eigenvalue weighted by Crippen LogP contribution is -2.33. The average Bonchev–Trinajstić information content (AvgIpc) is 2.81. The maximum Gasteiger partial charge on any atom is 0.122 e. The van der Waals surface area contributed by atoms with Gasteiger partial charge in [0.05, 0.1) is 6.54 Å². The number of imidazole rings is 1. The molecule has 0 saturated carbocycles. The van der Waals surface area contributed by atoms with Gasteiger partial charge in [-0.2, -0.15) is 0 Å². The molecular formula is C13H15ClN4. The van der Waals surface area contributed by atoms with Crippen molar-refractivity contribution >= 4 is 17.3 Å². The smallest absolute Gasteiger partial charge is 0.122 e. The molecule has 2 aromatic rings. The normalized spacial score (nSPS) is 15.6. The molecule has 0 unspecified atom stereocenters. The largest absolute Gasteiger partial charge is 0.399 e. The predicted molar refractivity (Wildman–Crippen MR) is 72.2 cm³/mol. The van der Waals surface area contributed by atoms with Gasteiger partial charge in [0.25, 0.3) is 0 Å². The molecule has 1 aliphatic rings. The Hall–Kier alpha value is -1.52. The number of nitrogen functional groups attached to an aromatic ring is 1. The standard InChI is InChI=1S/C13H15ClN4/c14-12-2-1-11(15)7-10(12)8-17-5-6-18-4-3-16-13(18)9-17/h1-4,7H,5-6,8-9,15H2. The topological polar surface area (TPSA) is 47.1 Å². The Labute approximate surface area is 111 Å². The average molecular weight is 263 g/mol. The molecule has 0 spiro atoms. The van der Waals surface area contributed by atoms with Crippen molar-refractivity contribution in [3.63, 3.8) is 0 Å². The van der Waals surface area contributed by atoms with E-state index in [2.05, 4.69) is 14.5 Å². The van der Waals surface area contributed by atoms with E-state index in [1.54, 1.807) is 0 Å². The Kier molecular flexibility index (Phi) is 2.97. The highest BCUT2D eigenvalue weighted by Crippen LogP contribution is 2.22. The summed E-state index contributed by atoms with van der Waals surface area (Å²) in [5.41, 5.74) is 7.64. The van der Waals surface area contributed by atoms with E-state index in [1.807, 2.05) is 30.6 Å². The summed E-state index contributed by atoms with van der Waals surface area (Å²) in [6.45, 7) is 3.67. The van der Waals surface area contributed by atoms with Gasteiger partial charge in [-0.05, 0) is 23.8 Å². The lowest BCUT2D eigenvalue weighted by Gasteiger charge is -2.27. The molecule has 3 rings (SSSR count). The van der Waals surface area contributed by atoms with Crippen LogP contribution in [0.1, 0.15) is 11.4 Å². The maximum absolute atomic E-state index is 6.19. The van der Waals surface area contributed by atoms with Gasteiger partial charge in [0.15, 0.2) is 0 Å². The van der Waals surface area contributed by atoms with Crippen LogP contribution in [-0.4, -0.2) is 21.0 Å². The molecule has 1 aliphatic heterocycles. The maximum atomic E-state index is 6.19. The molecule has 0 radical (unpaired) electrons. The fourth-order valence-corrected chi connectivity index (χ4v) is 2.49. The first kappa shape index (κ1) is 11.6. The Morgan fingerprint density at radius 2 is 2.22 bits per heavy atom. The number of anilines is 1. The van der Waals surface area contributed by atoms with Crippen LogP contribution in [0.2, 0.25) is 5.02 Å². The van der Waals surface area contributed by atoms with Crippen molar-refractivity contribution in [1.29, 1.82) is 0 Å². The zero-order valence-corrected chi connectivity index (χ0v) is 10.8. The molecule has 0 saturated heterocycles. The summed E-state index contributed by atoms with van der Waals surface area (Å²) in [7, 11) is 0. The highest BCUT2D eigenvalue weighted by Gasteiger charge is 2.17. The summed E-state index contributed by atoms with van der Waals surface area (Å²) < 4.78 is 2.19. The minimum Gasteiger partial charge on any atom is -0.399 e. The van der Waals surface area contributed by atoms with E-state index >= 15 is 0 Å². The van der Waals surface area contributed by atoms with Gasteiger partial charge in [-0.25, -0.2) is 4.98 Å². The predicted octanol–water partition coefficient (Wildman–Crippen LogP) is 2.13. The summed E-state index contributed by atoms with van der Waals surface area (Å²) in [6.07, 6.45) is 3.88. The van der Waals surface area contributed by atoms with Crippen LogP contribution < -0.4 is 5.73 Å². The van der Waals surface area contributed by atoms with E-state index in [0.29, 0.717) is 0 Å². The van der Waals surface area contributed by atoms with Crippen molar-refractivity contribution < 1.29 is 0 Å². The Morgan fingerprint density at radius 3 is 3.11 bits per heavy atom. The number of halogens is 1. The van der Waals surface area contributed by atoms with E-state index in [0.717, 1.165) is 48.3 Å². The summed E-state index contributed by atoms with van der Waals surface area (Å²) >= 11 is 6.19. The number of nitrogens with zero attached hydrogens (tertiary/aromatic N) is 3. The second kappa shape index (κ2) is 4.63. The minimum absolute atomic E-state index is 0.757. The molecule has 2 N–H and O–H groups in total. The SMILES string of the molecule is Nc1ccc(Cl)c(CN2CCn3ccnc3C2)c1. The highest BCUT2D eigenvalue weighted by atomic mass is 35.5. The molecule has 0 bridgehead atoms. The molecule has 0 fully saturated rings. The molecule has 1 aromatic heterocycles. The van der Waals surface area contributed by atoms with E-state index in [9.17, 15) is 0 Å². The van der Waals surface area contributed by atoms with Gasteiger partial charge in [-0.1, -0.05) is 11.6 Å². The lowest BCUT2D eigenvalue weighted by atomic mass is 10.2. The van der Waals surface area contributed by atoms with E-state index in [4.69, 9.17) is 17.3 Å². The summed E-state index contributed by atoms with van der Waals surface area (Å²) in [5, 5.41) is 0.776. The van der Waals surface area contributed by atoms with Crippen LogP contribution in [0.4, 0.5) is 5.69 Å². The van der Waals surface area contributed by atoms with Crippen LogP contribution in [0.5, 0.6) is 0 Å². The zero-order valence-electron chi connectivity index (χ0n) is 10.0. The number of nitrogens with two attached hydrogens (primary N) is 1. The number of benzene rings is 1. The van der Waals surface area contributed by atoms with Gasteiger partial charge in [0.2, 0.25) is 0 Å². The molecule has 0 aliphatic carbocycles. The third kappa shape index (κ3) is 2.21. The highest BCUT2D eigenvalue weighted by molar-refractivity contribution is 6.31. The van der Waals surface area contributed by atoms with Gasteiger partial charge in [0, 0.05) is 42.7 Å². The zero-order chi connectivity index (χ0) is 12.5. The van der Waals surface area contributed by atoms with Crippen LogP contribution in [0.3, 0.4) is 0 Å². The van der Waals surface area contributed by atoms with Crippen molar-refractivity contribution in [2.45, 2.75) is 19.6 Å². The Bertz CT molecular complexity index is 564. The van der Waals surface area contributed by atoms with Gasteiger partial charge in [-0.15, -0.1) is 0 Å². The Balaban J connectivity index is 1.76. The van der Waals surface area contributed by atoms with Crippen LogP contribution in [-0.2, 0) is 19.6 Å². The number of aromatic nitrogens is 2. The van der Waals surface area contributed by atoms with Crippen molar-refractivity contribution in [3.05, 3.63) is 47.0 Å². The lowest BCUT2D eigenvalue weighted by molar-refractivity contribution is 0.209. The van der Waals surface area contributed by atoms with Crippen LogP contribution >= 0.6 is 11.6 Å². The molecule has 1 aromatic carbocycles. The molecule has 0 atom stereocenters. The fraction of sp³-hybridized carbons (Fsp3) is 0.308. The van der Waals surface area contributed by atoms with Crippen molar-refractivity contribution in [2.75, 3.05) is 12.3 Å². The first-order chi connectivity index (χ1) is 8.72. The first-order valence-corrected chi connectivity index (χ1v) is 6.36. The third-order valence-electron chi connectivity index (χ3n) is 3.29. The molecule has 4 nitrogen and oxygen atoms in total. The molecule has 0 amide bonds. The van der Waals surface area contributed by atoms with E-state index in [-0.39, 0.29) is 0 Å². The fourth-order valence-electron chi connectivity index (χ4n) is 2.32. The number of fused-ring (bicyclic) bond motifs is 1. The monoisotopic (exact) mass is 262 g/mol. The van der Waals surface area contributed by atoms with E-state index < -0.39 is 0 Å². The second-order valence-corrected chi connectivity index (χ2v) is 5.01. The molecule has 2 heterocycles. The summed E-state index contributed by atoms with van der Waals surface area (Å²) in [5.74, 6) is 1.11. The summed E-state index contributed by atoms with van der Waals surface area (Å²) in [6, 6.07) is 5.63. The molecule has 5 heteroatoms. The van der Waals surface area contributed by atoms with Gasteiger partial charge in [0.1, 0.15) is 5.82 Å². The Morgan fingerprint density at radius 1 is 1.33 bits per heavy atom. The third-order valence-corrected chi connectivity index (χ3v) is 3.66. The summed E-state index contributed by atoms with van der Waals surface area (Å²) in [4.78, 5) is 6.69. The quantitative estimate of drug-likeness (QED) is 0.844.